The van der Waals surface area contributed by atoms with E-state index in [-0.39, 0.29) is 16.6 Å². The lowest BCUT2D eigenvalue weighted by atomic mass is 10.1. The highest BCUT2D eigenvalue weighted by Gasteiger charge is 2.17. The number of fused-ring (bicyclic) bond motifs is 2. The Morgan fingerprint density at radius 3 is 2.52 bits per heavy atom. The van der Waals surface area contributed by atoms with Crippen LogP contribution in [0.15, 0.2) is 22.3 Å². The number of amides is 1. The number of nitrogens with one attached hydrogen (secondary N) is 1. The summed E-state index contributed by atoms with van der Waals surface area (Å²) >= 11 is 1.33. The van der Waals surface area contributed by atoms with Crippen LogP contribution < -0.4 is 10.7 Å². The van der Waals surface area contributed by atoms with Crippen LogP contribution in [0.4, 0.5) is 5.69 Å². The zero-order chi connectivity index (χ0) is 14.3. The molecule has 0 aliphatic heterocycles. The predicted octanol–water partition coefficient (Wildman–Crippen LogP) is 0.949. The highest BCUT2D eigenvalue weighted by atomic mass is 32.1. The third-order valence-corrected chi connectivity index (χ3v) is 4.37. The average molecular weight is 307 g/mol. The van der Waals surface area contributed by atoms with Gasteiger partial charge in [0.05, 0.1) is 5.69 Å². The van der Waals surface area contributed by atoms with Crippen molar-refractivity contribution in [2.24, 2.45) is 0 Å². The summed E-state index contributed by atoms with van der Waals surface area (Å²) in [6.07, 6.45) is 3.08. The molecule has 6 nitrogen and oxygen atoms in total. The summed E-state index contributed by atoms with van der Waals surface area (Å²) in [7, 11) is 0. The zero-order valence-electron chi connectivity index (χ0n) is 10.9. The second kappa shape index (κ2) is 5.63. The van der Waals surface area contributed by atoms with Crippen molar-refractivity contribution >= 4 is 39.0 Å². The Balaban J connectivity index is 0.00000161. The summed E-state index contributed by atoms with van der Waals surface area (Å²) in [6.45, 7) is 0. The maximum Gasteiger partial charge on any atom is 0.394 e. The fourth-order valence-electron chi connectivity index (χ4n) is 2.46. The standard InChI is InChI=1S/C14H11NO4S.H2O/c16-12-9-4-7-2-1-3-8(7)5-11(9)20-6-10(12)15-13(17)14(18)19;/h4-6H,1-3H2,(H,15,17)(H,18,19);1H2. The second-order valence-electron chi connectivity index (χ2n) is 4.71. The largest absolute Gasteiger partial charge is 0.474 e. The first-order chi connectivity index (χ1) is 9.56. The number of carboxylic acids is 1. The molecule has 1 aliphatic rings. The number of aryl methyl sites for hydroxylation is 2. The number of carbonyl (C=O) groups excluding carboxylic acids is 1. The molecular formula is C14H13NO5S. The van der Waals surface area contributed by atoms with E-state index in [0.29, 0.717) is 5.39 Å². The van der Waals surface area contributed by atoms with Crippen LogP contribution in [0.3, 0.4) is 0 Å². The van der Waals surface area contributed by atoms with Gasteiger partial charge in [0.1, 0.15) is 0 Å². The minimum atomic E-state index is -1.61. The molecule has 1 aromatic carbocycles. The van der Waals surface area contributed by atoms with Crippen molar-refractivity contribution in [1.29, 1.82) is 0 Å². The lowest BCUT2D eigenvalue weighted by molar-refractivity contribution is -0.147. The molecule has 21 heavy (non-hydrogen) atoms. The Labute approximate surface area is 123 Å². The number of benzene rings is 1. The highest BCUT2D eigenvalue weighted by Crippen LogP contribution is 2.28. The number of carbonyl (C=O) groups is 2. The Hall–Kier alpha value is -2.25. The molecule has 1 aromatic heterocycles. The summed E-state index contributed by atoms with van der Waals surface area (Å²) in [4.78, 5) is 33.9. The van der Waals surface area contributed by atoms with Crippen LogP contribution in [-0.4, -0.2) is 22.5 Å². The molecule has 0 bridgehead atoms. The summed E-state index contributed by atoms with van der Waals surface area (Å²) in [5.74, 6) is -2.81. The molecule has 1 amide bonds. The maximum absolute atomic E-state index is 12.3. The van der Waals surface area contributed by atoms with Gasteiger partial charge in [0.15, 0.2) is 0 Å². The topological polar surface area (TPSA) is 115 Å². The Kier molecular flexibility index (Phi) is 4.06. The fourth-order valence-corrected chi connectivity index (χ4v) is 3.36. The van der Waals surface area contributed by atoms with Crippen LogP contribution in [0.1, 0.15) is 17.5 Å². The highest BCUT2D eigenvalue weighted by molar-refractivity contribution is 7.16. The molecule has 4 N–H and O–H groups in total. The normalized spacial score (nSPS) is 12.6. The minimum absolute atomic E-state index is 0. The molecule has 3 rings (SSSR count). The Bertz CT molecular complexity index is 796. The van der Waals surface area contributed by atoms with Crippen LogP contribution in [0.5, 0.6) is 0 Å². The van der Waals surface area contributed by atoms with Gasteiger partial charge in [0.25, 0.3) is 0 Å². The molecule has 0 unspecified atom stereocenters. The van der Waals surface area contributed by atoms with Crippen molar-refractivity contribution in [3.05, 3.63) is 38.9 Å². The SMILES string of the molecule is O.O=C(O)C(=O)Nc1csc2cc3c(cc2c1=O)CCC3. The second-order valence-corrected chi connectivity index (χ2v) is 5.62. The summed E-state index contributed by atoms with van der Waals surface area (Å²) in [5, 5.41) is 12.7. The van der Waals surface area contributed by atoms with E-state index >= 15 is 0 Å². The third-order valence-electron chi connectivity index (χ3n) is 3.43. The Morgan fingerprint density at radius 2 is 1.86 bits per heavy atom. The zero-order valence-corrected chi connectivity index (χ0v) is 11.8. The maximum atomic E-state index is 12.3. The third kappa shape index (κ3) is 2.65. The number of hydrogen-bond acceptors (Lipinski definition) is 4. The van der Waals surface area contributed by atoms with Crippen molar-refractivity contribution in [2.75, 3.05) is 5.32 Å². The quantitative estimate of drug-likeness (QED) is 0.763. The van der Waals surface area contributed by atoms with E-state index in [1.54, 1.807) is 0 Å². The van der Waals surface area contributed by atoms with E-state index in [9.17, 15) is 14.4 Å². The van der Waals surface area contributed by atoms with E-state index in [1.165, 1.54) is 27.8 Å². The van der Waals surface area contributed by atoms with E-state index < -0.39 is 11.9 Å². The lowest BCUT2D eigenvalue weighted by Crippen LogP contribution is -2.25. The molecule has 0 saturated carbocycles. The molecular weight excluding hydrogens is 294 g/mol. The van der Waals surface area contributed by atoms with Gasteiger partial charge < -0.3 is 15.9 Å². The van der Waals surface area contributed by atoms with Gasteiger partial charge in [-0.15, -0.1) is 11.3 Å². The van der Waals surface area contributed by atoms with Gasteiger partial charge in [0, 0.05) is 15.5 Å². The molecule has 110 valence electrons. The smallest absolute Gasteiger partial charge is 0.394 e. The first-order valence-corrected chi connectivity index (χ1v) is 7.06. The van der Waals surface area contributed by atoms with E-state index in [2.05, 4.69) is 5.32 Å². The van der Waals surface area contributed by atoms with Gasteiger partial charge in [-0.25, -0.2) is 4.79 Å². The molecule has 1 aliphatic carbocycles. The number of carboxylic acid groups (broad SMARTS) is 1. The average Bonchev–Trinajstić information content (AvgIpc) is 2.87. The van der Waals surface area contributed by atoms with Crippen molar-refractivity contribution in [3.63, 3.8) is 0 Å². The van der Waals surface area contributed by atoms with Crippen molar-refractivity contribution in [3.8, 4) is 0 Å². The van der Waals surface area contributed by atoms with Gasteiger partial charge in [-0.1, -0.05) is 0 Å². The number of aliphatic carboxylic acids is 1. The van der Waals surface area contributed by atoms with Crippen LogP contribution in [0.25, 0.3) is 10.1 Å². The molecule has 1 heterocycles. The molecule has 0 radical (unpaired) electrons. The van der Waals surface area contributed by atoms with Crippen LogP contribution in [0.2, 0.25) is 0 Å². The fraction of sp³-hybridized carbons (Fsp3) is 0.214. The lowest BCUT2D eigenvalue weighted by Gasteiger charge is -2.05. The number of hydrogen-bond donors (Lipinski definition) is 2. The molecule has 0 fully saturated rings. The molecule has 0 atom stereocenters. The van der Waals surface area contributed by atoms with Gasteiger partial charge in [-0.3, -0.25) is 9.59 Å². The van der Waals surface area contributed by atoms with Crippen molar-refractivity contribution in [1.82, 2.24) is 0 Å². The van der Waals surface area contributed by atoms with Crippen LogP contribution >= 0.6 is 11.3 Å². The summed E-state index contributed by atoms with van der Waals surface area (Å²) < 4.78 is 0.865. The predicted molar refractivity (Wildman–Crippen MR) is 80.0 cm³/mol. The van der Waals surface area contributed by atoms with Crippen molar-refractivity contribution < 1.29 is 20.2 Å². The monoisotopic (exact) mass is 307 g/mol. The van der Waals surface area contributed by atoms with Crippen molar-refractivity contribution in [2.45, 2.75) is 19.3 Å². The van der Waals surface area contributed by atoms with Gasteiger partial charge in [-0.2, -0.15) is 0 Å². The summed E-state index contributed by atoms with van der Waals surface area (Å²) in [5.41, 5.74) is 2.13. The van der Waals surface area contributed by atoms with Gasteiger partial charge in [0.2, 0.25) is 5.43 Å². The van der Waals surface area contributed by atoms with Crippen LogP contribution in [-0.2, 0) is 22.4 Å². The van der Waals surface area contributed by atoms with E-state index in [1.807, 2.05) is 12.1 Å². The first kappa shape index (κ1) is 15.1. The van der Waals surface area contributed by atoms with Crippen LogP contribution in [0, 0.1) is 0 Å². The first-order valence-electron chi connectivity index (χ1n) is 6.18. The van der Waals surface area contributed by atoms with E-state index in [0.717, 1.165) is 24.0 Å². The summed E-state index contributed by atoms with van der Waals surface area (Å²) in [6, 6.07) is 3.89. The number of anilines is 1. The molecule has 0 spiro atoms. The molecule has 0 saturated heterocycles. The van der Waals surface area contributed by atoms with Gasteiger partial charge >= 0.3 is 11.9 Å². The number of rotatable bonds is 1. The van der Waals surface area contributed by atoms with E-state index in [4.69, 9.17) is 5.11 Å². The minimum Gasteiger partial charge on any atom is -0.474 e. The molecule has 7 heteroatoms. The molecule has 2 aromatic rings. The van der Waals surface area contributed by atoms with Gasteiger partial charge in [-0.05, 0) is 42.5 Å². The Morgan fingerprint density at radius 1 is 1.19 bits per heavy atom.